The molecule has 0 radical (unpaired) electrons. The minimum absolute atomic E-state index is 0.0438. The number of carbonyl (C=O) groups excluding carboxylic acids is 2. The van der Waals surface area contributed by atoms with Gasteiger partial charge in [0.1, 0.15) is 6.04 Å². The van der Waals surface area contributed by atoms with Crippen LogP contribution in [0.4, 0.5) is 5.69 Å². The molecular formula is C21H21BrN2O2. The first kappa shape index (κ1) is 17.3. The van der Waals surface area contributed by atoms with Gasteiger partial charge in [-0.3, -0.25) is 9.59 Å². The second-order valence-electron chi connectivity index (χ2n) is 6.92. The van der Waals surface area contributed by atoms with Crippen LogP contribution < -0.4 is 4.90 Å². The Morgan fingerprint density at radius 3 is 2.69 bits per heavy atom. The zero-order chi connectivity index (χ0) is 18.1. The van der Waals surface area contributed by atoms with Crippen LogP contribution in [0.15, 0.2) is 53.0 Å². The number of hydrogen-bond acceptors (Lipinski definition) is 2. The molecule has 134 valence electrons. The van der Waals surface area contributed by atoms with E-state index in [0.29, 0.717) is 19.5 Å². The maximum absolute atomic E-state index is 13.2. The zero-order valence-electron chi connectivity index (χ0n) is 14.5. The third kappa shape index (κ3) is 3.28. The Balaban J connectivity index is 1.50. The Hall–Kier alpha value is -2.14. The highest BCUT2D eigenvalue weighted by Gasteiger charge is 2.38. The zero-order valence-corrected chi connectivity index (χ0v) is 16.1. The molecule has 0 saturated carbocycles. The van der Waals surface area contributed by atoms with Gasteiger partial charge in [-0.1, -0.05) is 46.3 Å². The summed E-state index contributed by atoms with van der Waals surface area (Å²) in [6, 6.07) is 15.4. The molecule has 1 atom stereocenters. The molecule has 2 aliphatic heterocycles. The molecule has 0 N–H and O–H groups in total. The van der Waals surface area contributed by atoms with Gasteiger partial charge in [0, 0.05) is 23.2 Å². The number of rotatable bonds is 3. The maximum atomic E-state index is 13.2. The van der Waals surface area contributed by atoms with Gasteiger partial charge in [0.05, 0.1) is 6.42 Å². The van der Waals surface area contributed by atoms with Crippen molar-refractivity contribution in [3.05, 3.63) is 64.1 Å². The average molecular weight is 413 g/mol. The number of halogens is 1. The minimum atomic E-state index is -0.333. The summed E-state index contributed by atoms with van der Waals surface area (Å²) in [5.41, 5.74) is 3.17. The number of carbonyl (C=O) groups is 2. The van der Waals surface area contributed by atoms with Crippen LogP contribution in [-0.4, -0.2) is 35.8 Å². The van der Waals surface area contributed by atoms with Crippen molar-refractivity contribution in [1.82, 2.24) is 4.90 Å². The lowest BCUT2D eigenvalue weighted by Gasteiger charge is -2.28. The molecule has 0 bridgehead atoms. The van der Waals surface area contributed by atoms with Crippen molar-refractivity contribution in [1.29, 1.82) is 0 Å². The first-order valence-electron chi connectivity index (χ1n) is 9.07. The van der Waals surface area contributed by atoms with Crippen molar-refractivity contribution in [2.24, 2.45) is 0 Å². The molecule has 1 fully saturated rings. The van der Waals surface area contributed by atoms with Crippen molar-refractivity contribution in [3.8, 4) is 0 Å². The average Bonchev–Trinajstić information content (AvgIpc) is 3.29. The lowest BCUT2D eigenvalue weighted by molar-refractivity contribution is -0.136. The molecule has 0 aliphatic carbocycles. The van der Waals surface area contributed by atoms with Gasteiger partial charge in [-0.05, 0) is 48.6 Å². The van der Waals surface area contributed by atoms with Crippen LogP contribution in [0.2, 0.25) is 0 Å². The molecule has 2 aromatic rings. The van der Waals surface area contributed by atoms with E-state index in [1.165, 1.54) is 5.56 Å². The van der Waals surface area contributed by atoms with Gasteiger partial charge in [0.25, 0.3) is 0 Å². The van der Waals surface area contributed by atoms with E-state index < -0.39 is 0 Å². The molecule has 0 spiro atoms. The molecule has 1 saturated heterocycles. The van der Waals surface area contributed by atoms with Gasteiger partial charge in [-0.2, -0.15) is 0 Å². The summed E-state index contributed by atoms with van der Waals surface area (Å²) in [5.74, 6) is 0.104. The van der Waals surface area contributed by atoms with Crippen molar-refractivity contribution >= 4 is 33.4 Å². The highest BCUT2D eigenvalue weighted by atomic mass is 79.9. The van der Waals surface area contributed by atoms with E-state index >= 15 is 0 Å². The largest absolute Gasteiger partial charge is 0.330 e. The monoisotopic (exact) mass is 412 g/mol. The van der Waals surface area contributed by atoms with Crippen molar-refractivity contribution < 1.29 is 9.59 Å². The van der Waals surface area contributed by atoms with E-state index in [1.807, 2.05) is 47.4 Å². The number of likely N-dealkylation sites (tertiary alicyclic amines) is 1. The third-order valence-electron chi connectivity index (χ3n) is 5.26. The third-order valence-corrected chi connectivity index (χ3v) is 5.75. The predicted molar refractivity (Wildman–Crippen MR) is 105 cm³/mol. The number of benzene rings is 2. The van der Waals surface area contributed by atoms with E-state index in [2.05, 4.69) is 22.0 Å². The Kier molecular flexibility index (Phi) is 4.81. The fourth-order valence-electron chi connectivity index (χ4n) is 3.97. The quantitative estimate of drug-likeness (QED) is 0.772. The molecule has 0 aromatic heterocycles. The summed E-state index contributed by atoms with van der Waals surface area (Å²) in [6.07, 6.45) is 2.86. The predicted octanol–water partition coefficient (Wildman–Crippen LogP) is 3.57. The normalized spacial score (nSPS) is 18.9. The van der Waals surface area contributed by atoms with Crippen molar-refractivity contribution in [2.75, 3.05) is 18.0 Å². The fraction of sp³-hybridized carbons (Fsp3) is 0.333. The highest BCUT2D eigenvalue weighted by Crippen LogP contribution is 2.32. The lowest BCUT2D eigenvalue weighted by Crippen LogP contribution is -2.48. The van der Waals surface area contributed by atoms with Crippen LogP contribution >= 0.6 is 15.9 Å². The van der Waals surface area contributed by atoms with Crippen molar-refractivity contribution in [3.63, 3.8) is 0 Å². The molecule has 4 nitrogen and oxygen atoms in total. The van der Waals surface area contributed by atoms with E-state index in [0.717, 1.165) is 35.0 Å². The summed E-state index contributed by atoms with van der Waals surface area (Å²) < 4.78 is 1.03. The molecule has 4 rings (SSSR count). The molecule has 2 amide bonds. The standard InChI is InChI=1S/C21H21BrN2O2/c22-17-8-9-18-16(14-17)10-12-24(18)21(26)19-7-4-11-23(19)20(25)13-15-5-2-1-3-6-15/h1-3,5-6,8-9,14,19H,4,7,10-13H2. The molecular weight excluding hydrogens is 392 g/mol. The van der Waals surface area contributed by atoms with E-state index in [9.17, 15) is 9.59 Å². The molecule has 2 aliphatic rings. The van der Waals surface area contributed by atoms with Crippen LogP contribution in [0.3, 0.4) is 0 Å². The number of anilines is 1. The molecule has 2 aromatic carbocycles. The Bertz CT molecular complexity index is 837. The second-order valence-corrected chi connectivity index (χ2v) is 7.84. The Morgan fingerprint density at radius 2 is 1.88 bits per heavy atom. The highest BCUT2D eigenvalue weighted by molar-refractivity contribution is 9.10. The minimum Gasteiger partial charge on any atom is -0.330 e. The number of amides is 2. The molecule has 5 heteroatoms. The summed E-state index contributed by atoms with van der Waals surface area (Å²) >= 11 is 3.49. The van der Waals surface area contributed by atoms with E-state index in [-0.39, 0.29) is 17.9 Å². The summed E-state index contributed by atoms with van der Waals surface area (Å²) in [5, 5.41) is 0. The van der Waals surface area contributed by atoms with Crippen LogP contribution in [0, 0.1) is 0 Å². The summed E-state index contributed by atoms with van der Waals surface area (Å²) in [4.78, 5) is 29.6. The topological polar surface area (TPSA) is 40.6 Å². The molecule has 1 unspecified atom stereocenters. The fourth-order valence-corrected chi connectivity index (χ4v) is 4.38. The van der Waals surface area contributed by atoms with Gasteiger partial charge in [0.15, 0.2) is 0 Å². The molecule has 26 heavy (non-hydrogen) atoms. The van der Waals surface area contributed by atoms with Crippen LogP contribution in [0.1, 0.15) is 24.0 Å². The van der Waals surface area contributed by atoms with Crippen molar-refractivity contribution in [2.45, 2.75) is 31.7 Å². The SMILES string of the molecule is O=C(C1CCCN1C(=O)Cc1ccccc1)N1CCc2cc(Br)ccc21. The number of nitrogens with zero attached hydrogens (tertiary/aromatic N) is 2. The Labute approximate surface area is 161 Å². The number of hydrogen-bond donors (Lipinski definition) is 0. The van der Waals surface area contributed by atoms with Gasteiger partial charge in [0.2, 0.25) is 11.8 Å². The smallest absolute Gasteiger partial charge is 0.249 e. The Morgan fingerprint density at radius 1 is 1.08 bits per heavy atom. The lowest BCUT2D eigenvalue weighted by atomic mass is 10.1. The first-order valence-corrected chi connectivity index (χ1v) is 9.86. The van der Waals surface area contributed by atoms with Crippen LogP contribution in [-0.2, 0) is 22.4 Å². The van der Waals surface area contributed by atoms with Gasteiger partial charge in [-0.25, -0.2) is 0 Å². The number of fused-ring (bicyclic) bond motifs is 1. The summed E-state index contributed by atoms with van der Waals surface area (Å²) in [7, 11) is 0. The first-order chi connectivity index (χ1) is 12.6. The van der Waals surface area contributed by atoms with Crippen LogP contribution in [0.25, 0.3) is 0 Å². The van der Waals surface area contributed by atoms with Gasteiger partial charge < -0.3 is 9.80 Å². The van der Waals surface area contributed by atoms with E-state index in [4.69, 9.17) is 0 Å². The molecule has 2 heterocycles. The van der Waals surface area contributed by atoms with Crippen LogP contribution in [0.5, 0.6) is 0 Å². The maximum Gasteiger partial charge on any atom is 0.249 e. The second kappa shape index (κ2) is 7.23. The van der Waals surface area contributed by atoms with E-state index in [1.54, 1.807) is 4.90 Å². The van der Waals surface area contributed by atoms with Gasteiger partial charge >= 0.3 is 0 Å². The van der Waals surface area contributed by atoms with Gasteiger partial charge in [-0.15, -0.1) is 0 Å². The summed E-state index contributed by atoms with van der Waals surface area (Å²) in [6.45, 7) is 1.37.